The summed E-state index contributed by atoms with van der Waals surface area (Å²) in [6.45, 7) is -0.355. The fourth-order valence-electron chi connectivity index (χ4n) is 1.24. The summed E-state index contributed by atoms with van der Waals surface area (Å²) >= 11 is 0. The van der Waals surface area contributed by atoms with Crippen LogP contribution >= 0.6 is 0 Å². The molecule has 0 unspecified atom stereocenters. The highest BCUT2D eigenvalue weighted by atomic mass is 19.4. The number of amides is 1. The number of aliphatic hydroxyl groups is 2. The molecule has 1 amide bonds. The molecule has 19 heavy (non-hydrogen) atoms. The summed E-state index contributed by atoms with van der Waals surface area (Å²) in [4.78, 5) is 11.2. The lowest BCUT2D eigenvalue weighted by Gasteiger charge is -2.06. The lowest BCUT2D eigenvalue weighted by atomic mass is 10.1. The highest BCUT2D eigenvalue weighted by molar-refractivity contribution is 5.91. The van der Waals surface area contributed by atoms with Crippen LogP contribution in [0.15, 0.2) is 30.3 Å². The molecular weight excluding hydrogens is 263 g/mol. The third-order valence-corrected chi connectivity index (χ3v) is 2.10. The van der Waals surface area contributed by atoms with Crippen molar-refractivity contribution in [3.63, 3.8) is 0 Å². The molecule has 1 aromatic rings. The van der Waals surface area contributed by atoms with Crippen LogP contribution in [0.1, 0.15) is 11.1 Å². The molecule has 0 aromatic heterocycles. The number of hydrogen-bond donors (Lipinski definition) is 3. The first kappa shape index (κ1) is 15.2. The Balaban J connectivity index is 2.69. The number of rotatable bonds is 4. The molecule has 4 nitrogen and oxygen atoms in total. The van der Waals surface area contributed by atoms with Crippen LogP contribution in [-0.2, 0) is 11.0 Å². The van der Waals surface area contributed by atoms with Crippen LogP contribution in [-0.4, -0.2) is 29.0 Å². The zero-order chi connectivity index (χ0) is 14.5. The van der Waals surface area contributed by atoms with Gasteiger partial charge in [0.1, 0.15) is 0 Å². The molecule has 3 N–H and O–H groups in total. The van der Waals surface area contributed by atoms with E-state index in [-0.39, 0.29) is 12.1 Å². The van der Waals surface area contributed by atoms with Gasteiger partial charge >= 0.3 is 6.18 Å². The van der Waals surface area contributed by atoms with Crippen LogP contribution in [0.4, 0.5) is 13.2 Å². The van der Waals surface area contributed by atoms with Crippen LogP contribution in [0.3, 0.4) is 0 Å². The van der Waals surface area contributed by atoms with Gasteiger partial charge in [0.15, 0.2) is 6.29 Å². The van der Waals surface area contributed by atoms with Crippen molar-refractivity contribution >= 4 is 12.0 Å². The summed E-state index contributed by atoms with van der Waals surface area (Å²) in [6.07, 6.45) is -3.90. The first-order chi connectivity index (χ1) is 8.79. The molecule has 0 saturated heterocycles. The van der Waals surface area contributed by atoms with Gasteiger partial charge in [-0.05, 0) is 23.8 Å². The summed E-state index contributed by atoms with van der Waals surface area (Å²) < 4.78 is 37.3. The van der Waals surface area contributed by atoms with Crippen molar-refractivity contribution in [1.29, 1.82) is 0 Å². The Kier molecular flexibility index (Phi) is 5.08. The standard InChI is InChI=1S/C12H12F3NO3/c13-12(14,15)9-3-1-2-8(6-9)4-5-10(17)16-7-11(18)19/h1-6,11,18-19H,7H2,(H,16,17). The highest BCUT2D eigenvalue weighted by Crippen LogP contribution is 2.29. The van der Waals surface area contributed by atoms with Crippen molar-refractivity contribution in [1.82, 2.24) is 5.32 Å². The fraction of sp³-hybridized carbons (Fsp3) is 0.250. The monoisotopic (exact) mass is 275 g/mol. The maximum Gasteiger partial charge on any atom is 0.416 e. The van der Waals surface area contributed by atoms with Gasteiger partial charge < -0.3 is 15.5 Å². The summed E-state index contributed by atoms with van der Waals surface area (Å²) in [5.41, 5.74) is -0.588. The molecule has 0 heterocycles. The Bertz CT molecular complexity index is 470. The van der Waals surface area contributed by atoms with Gasteiger partial charge in [-0.2, -0.15) is 13.2 Å². The van der Waals surface area contributed by atoms with Crippen molar-refractivity contribution in [3.05, 3.63) is 41.5 Å². The van der Waals surface area contributed by atoms with E-state index >= 15 is 0 Å². The molecule has 0 aliphatic heterocycles. The number of alkyl halides is 3. The molecule has 0 radical (unpaired) electrons. The number of carbonyl (C=O) groups is 1. The minimum Gasteiger partial charge on any atom is -0.367 e. The zero-order valence-corrected chi connectivity index (χ0v) is 9.69. The van der Waals surface area contributed by atoms with Crippen LogP contribution in [0.25, 0.3) is 6.08 Å². The Labute approximate surface area is 107 Å². The van der Waals surface area contributed by atoms with Gasteiger partial charge in [-0.15, -0.1) is 0 Å². The molecule has 0 atom stereocenters. The summed E-state index contributed by atoms with van der Waals surface area (Å²) in [5.74, 6) is -0.634. The van der Waals surface area contributed by atoms with E-state index in [4.69, 9.17) is 10.2 Å². The molecule has 0 fully saturated rings. The van der Waals surface area contributed by atoms with Gasteiger partial charge in [-0.3, -0.25) is 4.79 Å². The van der Waals surface area contributed by atoms with Crippen molar-refractivity contribution in [2.45, 2.75) is 12.5 Å². The average molecular weight is 275 g/mol. The van der Waals surface area contributed by atoms with Crippen LogP contribution in [0.5, 0.6) is 0 Å². The predicted molar refractivity (Wildman–Crippen MR) is 61.7 cm³/mol. The number of benzene rings is 1. The van der Waals surface area contributed by atoms with Gasteiger partial charge in [0.25, 0.3) is 0 Å². The number of aliphatic hydroxyl groups excluding tert-OH is 1. The van der Waals surface area contributed by atoms with Crippen molar-refractivity contribution in [3.8, 4) is 0 Å². The van der Waals surface area contributed by atoms with Crippen LogP contribution < -0.4 is 5.32 Å². The number of halogens is 3. The minimum absolute atomic E-state index is 0.217. The molecular formula is C12H12F3NO3. The third-order valence-electron chi connectivity index (χ3n) is 2.10. The maximum atomic E-state index is 12.4. The molecule has 7 heteroatoms. The normalized spacial score (nSPS) is 12.1. The number of hydrogen-bond acceptors (Lipinski definition) is 3. The fourth-order valence-corrected chi connectivity index (χ4v) is 1.24. The van der Waals surface area contributed by atoms with Crippen molar-refractivity contribution in [2.24, 2.45) is 0 Å². The average Bonchev–Trinajstić information content (AvgIpc) is 2.33. The quantitative estimate of drug-likeness (QED) is 0.570. The molecule has 1 aromatic carbocycles. The largest absolute Gasteiger partial charge is 0.416 e. The second-order valence-corrected chi connectivity index (χ2v) is 3.68. The molecule has 1 rings (SSSR count). The lowest BCUT2D eigenvalue weighted by molar-refractivity contribution is -0.137. The SMILES string of the molecule is O=C(C=Cc1cccc(C(F)(F)F)c1)NCC(O)O. The molecule has 0 spiro atoms. The Morgan fingerprint density at radius 2 is 2.05 bits per heavy atom. The molecule has 104 valence electrons. The van der Waals surface area contributed by atoms with Gasteiger partial charge in [0.05, 0.1) is 12.1 Å². The van der Waals surface area contributed by atoms with Crippen molar-refractivity contribution in [2.75, 3.05) is 6.54 Å². The molecule has 0 aliphatic rings. The summed E-state index contributed by atoms with van der Waals surface area (Å²) in [7, 11) is 0. The second kappa shape index (κ2) is 6.35. The van der Waals surface area contributed by atoms with Gasteiger partial charge in [-0.25, -0.2) is 0 Å². The second-order valence-electron chi connectivity index (χ2n) is 3.68. The Hall–Kier alpha value is -1.86. The Morgan fingerprint density at radius 1 is 1.37 bits per heavy atom. The van der Waals surface area contributed by atoms with E-state index in [0.29, 0.717) is 0 Å². The third kappa shape index (κ3) is 5.54. The van der Waals surface area contributed by atoms with Crippen LogP contribution in [0.2, 0.25) is 0 Å². The Morgan fingerprint density at radius 3 is 2.63 bits per heavy atom. The van der Waals surface area contributed by atoms with Gasteiger partial charge in [0.2, 0.25) is 5.91 Å². The molecule has 0 bridgehead atoms. The topological polar surface area (TPSA) is 69.6 Å². The number of carbonyl (C=O) groups excluding carboxylic acids is 1. The van der Waals surface area contributed by atoms with E-state index in [0.717, 1.165) is 18.2 Å². The lowest BCUT2D eigenvalue weighted by Crippen LogP contribution is -2.30. The zero-order valence-electron chi connectivity index (χ0n) is 9.69. The predicted octanol–water partition coefficient (Wildman–Crippen LogP) is 1.15. The van der Waals surface area contributed by atoms with E-state index in [2.05, 4.69) is 5.32 Å². The first-order valence-electron chi connectivity index (χ1n) is 5.28. The maximum absolute atomic E-state index is 12.4. The highest BCUT2D eigenvalue weighted by Gasteiger charge is 2.30. The first-order valence-corrected chi connectivity index (χ1v) is 5.28. The number of nitrogens with one attached hydrogen (secondary N) is 1. The molecule has 0 saturated carbocycles. The van der Waals surface area contributed by atoms with Crippen molar-refractivity contribution < 1.29 is 28.2 Å². The van der Waals surface area contributed by atoms with Gasteiger partial charge in [0, 0.05) is 6.08 Å². The van der Waals surface area contributed by atoms with E-state index in [1.165, 1.54) is 18.2 Å². The van der Waals surface area contributed by atoms with Crippen LogP contribution in [0, 0.1) is 0 Å². The van der Waals surface area contributed by atoms with E-state index in [1.54, 1.807) is 0 Å². The molecule has 0 aliphatic carbocycles. The summed E-state index contributed by atoms with van der Waals surface area (Å²) in [6, 6.07) is 4.49. The van der Waals surface area contributed by atoms with E-state index < -0.39 is 23.9 Å². The van der Waals surface area contributed by atoms with E-state index in [1.807, 2.05) is 0 Å². The summed E-state index contributed by atoms with van der Waals surface area (Å²) in [5, 5.41) is 19.2. The minimum atomic E-state index is -4.44. The smallest absolute Gasteiger partial charge is 0.367 e. The van der Waals surface area contributed by atoms with E-state index in [9.17, 15) is 18.0 Å². The van der Waals surface area contributed by atoms with Gasteiger partial charge in [-0.1, -0.05) is 12.1 Å².